The van der Waals surface area contributed by atoms with Gasteiger partial charge in [0, 0.05) is 23.4 Å². The summed E-state index contributed by atoms with van der Waals surface area (Å²) >= 11 is 3.32. The molecule has 1 aliphatic rings. The predicted octanol–water partition coefficient (Wildman–Crippen LogP) is 3.26. The maximum Gasteiger partial charge on any atom is 0.252 e. The molecule has 1 amide bonds. The first-order chi connectivity index (χ1) is 8.26. The molecule has 0 unspecified atom stereocenters. The van der Waals surface area contributed by atoms with Crippen LogP contribution in [0, 0.1) is 16.7 Å². The Labute approximate surface area is 117 Å². The van der Waals surface area contributed by atoms with Crippen molar-refractivity contribution in [1.29, 1.82) is 0 Å². The first kappa shape index (κ1) is 13.5. The van der Waals surface area contributed by atoms with Crippen molar-refractivity contribution in [2.75, 3.05) is 6.54 Å². The minimum atomic E-state index is -0.0534. The lowest BCUT2D eigenvalue weighted by Crippen LogP contribution is -2.27. The van der Waals surface area contributed by atoms with Crippen LogP contribution in [0.1, 0.15) is 38.1 Å². The first-order valence-electron chi connectivity index (χ1n) is 6.15. The molecule has 0 aromatic carbocycles. The highest BCUT2D eigenvalue weighted by molar-refractivity contribution is 9.10. The highest BCUT2D eigenvalue weighted by Gasteiger charge is 2.64. The Bertz CT molecular complexity index is 468. The van der Waals surface area contributed by atoms with Crippen molar-refractivity contribution in [2.45, 2.75) is 27.7 Å². The van der Waals surface area contributed by atoms with Crippen LogP contribution in [0.25, 0.3) is 0 Å². The van der Waals surface area contributed by atoms with Gasteiger partial charge < -0.3 is 5.32 Å². The topological polar surface area (TPSA) is 42.0 Å². The van der Waals surface area contributed by atoms with Crippen LogP contribution in [0.3, 0.4) is 0 Å². The molecule has 98 valence electrons. The van der Waals surface area contributed by atoms with E-state index in [1.165, 1.54) is 0 Å². The van der Waals surface area contributed by atoms with E-state index >= 15 is 0 Å². The van der Waals surface area contributed by atoms with Crippen LogP contribution in [0.5, 0.6) is 0 Å². The van der Waals surface area contributed by atoms with Crippen LogP contribution in [0.4, 0.5) is 0 Å². The normalized spacial score (nSPS) is 20.5. The highest BCUT2D eigenvalue weighted by atomic mass is 79.9. The van der Waals surface area contributed by atoms with Crippen LogP contribution in [-0.4, -0.2) is 17.4 Å². The molecule has 2 rings (SSSR count). The second-order valence-corrected chi connectivity index (χ2v) is 7.01. The molecule has 4 heteroatoms. The van der Waals surface area contributed by atoms with E-state index in [9.17, 15) is 4.79 Å². The molecule has 1 aliphatic carbocycles. The van der Waals surface area contributed by atoms with Gasteiger partial charge >= 0.3 is 0 Å². The van der Waals surface area contributed by atoms with Crippen molar-refractivity contribution in [3.8, 4) is 0 Å². The minimum absolute atomic E-state index is 0.0534. The summed E-state index contributed by atoms with van der Waals surface area (Å²) in [6, 6.07) is 1.78. The average molecular weight is 311 g/mol. The largest absolute Gasteiger partial charge is 0.352 e. The summed E-state index contributed by atoms with van der Waals surface area (Å²) in [6.07, 6.45) is 3.26. The van der Waals surface area contributed by atoms with Gasteiger partial charge in [0.1, 0.15) is 0 Å². The zero-order chi connectivity index (χ0) is 13.6. The molecule has 1 fully saturated rings. The molecule has 0 radical (unpaired) electrons. The van der Waals surface area contributed by atoms with Crippen molar-refractivity contribution in [3.63, 3.8) is 0 Å². The van der Waals surface area contributed by atoms with E-state index in [4.69, 9.17) is 0 Å². The number of rotatable bonds is 3. The summed E-state index contributed by atoms with van der Waals surface area (Å²) in [5.41, 5.74) is 1.20. The van der Waals surface area contributed by atoms with Crippen LogP contribution < -0.4 is 5.32 Å². The van der Waals surface area contributed by atoms with E-state index in [1.807, 2.05) is 0 Å². The first-order valence-corrected chi connectivity index (χ1v) is 6.95. The Morgan fingerprint density at radius 3 is 2.44 bits per heavy atom. The molecule has 1 N–H and O–H groups in total. The monoisotopic (exact) mass is 310 g/mol. The molecule has 1 aromatic heterocycles. The average Bonchev–Trinajstić information content (AvgIpc) is 2.66. The number of nitrogens with zero attached hydrogens (tertiary/aromatic N) is 1. The zero-order valence-corrected chi connectivity index (χ0v) is 12.8. The van der Waals surface area contributed by atoms with Crippen molar-refractivity contribution in [1.82, 2.24) is 10.3 Å². The third kappa shape index (κ3) is 2.18. The zero-order valence-electron chi connectivity index (χ0n) is 11.2. The van der Waals surface area contributed by atoms with E-state index in [0.29, 0.717) is 22.3 Å². The number of hydrogen-bond donors (Lipinski definition) is 1. The molecule has 18 heavy (non-hydrogen) atoms. The second-order valence-electron chi connectivity index (χ2n) is 6.10. The molecule has 0 aliphatic heterocycles. The maximum absolute atomic E-state index is 12.0. The number of carbonyl (C=O) groups excluding carboxylic acids is 1. The van der Waals surface area contributed by atoms with Crippen LogP contribution in [0.15, 0.2) is 22.9 Å². The summed E-state index contributed by atoms with van der Waals surface area (Å²) in [6.45, 7) is 9.75. The Balaban J connectivity index is 1.95. The molecular weight excluding hydrogens is 292 g/mol. The van der Waals surface area contributed by atoms with Gasteiger partial charge in [0.25, 0.3) is 5.91 Å². The molecule has 0 bridgehead atoms. The smallest absolute Gasteiger partial charge is 0.252 e. The fourth-order valence-electron chi connectivity index (χ4n) is 2.68. The maximum atomic E-state index is 12.0. The lowest BCUT2D eigenvalue weighted by atomic mass is 10.0. The standard InChI is InChI=1S/C14H19BrN2O/c1-13(2)11(14(13,3)4)8-17-12(18)9-5-10(15)7-16-6-9/h5-7,11H,8H2,1-4H3,(H,17,18). The second kappa shape index (κ2) is 4.34. The summed E-state index contributed by atoms with van der Waals surface area (Å²) in [4.78, 5) is 16.0. The number of pyridine rings is 1. The quantitative estimate of drug-likeness (QED) is 0.931. The lowest BCUT2D eigenvalue weighted by Gasteiger charge is -2.06. The van der Waals surface area contributed by atoms with Gasteiger partial charge in [-0.15, -0.1) is 0 Å². The van der Waals surface area contributed by atoms with Gasteiger partial charge in [0.05, 0.1) is 5.56 Å². The van der Waals surface area contributed by atoms with Crippen molar-refractivity contribution < 1.29 is 4.79 Å². The number of nitrogens with one attached hydrogen (secondary N) is 1. The molecular formula is C14H19BrN2O. The number of amides is 1. The number of carbonyl (C=O) groups is 1. The van der Waals surface area contributed by atoms with Crippen LogP contribution >= 0.6 is 15.9 Å². The summed E-state index contributed by atoms with van der Waals surface area (Å²) in [5, 5.41) is 3.00. The molecule has 1 saturated carbocycles. The molecule has 0 spiro atoms. The summed E-state index contributed by atoms with van der Waals surface area (Å²) in [7, 11) is 0. The Morgan fingerprint density at radius 2 is 1.94 bits per heavy atom. The van der Waals surface area contributed by atoms with Crippen LogP contribution in [0.2, 0.25) is 0 Å². The molecule has 1 aromatic rings. The number of aromatic nitrogens is 1. The Kier molecular flexibility index (Phi) is 3.26. The van der Waals surface area contributed by atoms with E-state index in [0.717, 1.165) is 11.0 Å². The number of halogens is 1. The summed E-state index contributed by atoms with van der Waals surface area (Å²) in [5.74, 6) is 0.483. The predicted molar refractivity (Wildman–Crippen MR) is 75.3 cm³/mol. The highest BCUT2D eigenvalue weighted by Crippen LogP contribution is 2.67. The van der Waals surface area contributed by atoms with E-state index in [2.05, 4.69) is 53.9 Å². The molecule has 1 heterocycles. The van der Waals surface area contributed by atoms with Gasteiger partial charge in [-0.05, 0) is 38.7 Å². The van der Waals surface area contributed by atoms with Gasteiger partial charge in [0.2, 0.25) is 0 Å². The molecule has 0 atom stereocenters. The SMILES string of the molecule is CC1(C)C(CNC(=O)c2cncc(Br)c2)C1(C)C. The fourth-order valence-corrected chi connectivity index (χ4v) is 3.04. The summed E-state index contributed by atoms with van der Waals surface area (Å²) < 4.78 is 0.822. The van der Waals surface area contributed by atoms with Gasteiger partial charge in [-0.1, -0.05) is 27.7 Å². The Hall–Kier alpha value is -0.900. The fraction of sp³-hybridized carbons (Fsp3) is 0.571. The van der Waals surface area contributed by atoms with E-state index in [-0.39, 0.29) is 5.91 Å². The van der Waals surface area contributed by atoms with Gasteiger partial charge in [0.15, 0.2) is 0 Å². The molecule has 0 saturated heterocycles. The number of hydrogen-bond acceptors (Lipinski definition) is 2. The Morgan fingerprint density at radius 1 is 1.33 bits per heavy atom. The van der Waals surface area contributed by atoms with Crippen molar-refractivity contribution in [2.24, 2.45) is 16.7 Å². The van der Waals surface area contributed by atoms with Crippen LogP contribution in [-0.2, 0) is 0 Å². The van der Waals surface area contributed by atoms with E-state index < -0.39 is 0 Å². The molecule has 3 nitrogen and oxygen atoms in total. The third-order valence-corrected chi connectivity index (χ3v) is 5.19. The third-order valence-electron chi connectivity index (χ3n) is 4.75. The minimum Gasteiger partial charge on any atom is -0.352 e. The van der Waals surface area contributed by atoms with Crippen molar-refractivity contribution >= 4 is 21.8 Å². The van der Waals surface area contributed by atoms with Gasteiger partial charge in [-0.2, -0.15) is 0 Å². The van der Waals surface area contributed by atoms with Gasteiger partial charge in [-0.25, -0.2) is 0 Å². The van der Waals surface area contributed by atoms with Gasteiger partial charge in [-0.3, -0.25) is 9.78 Å². The van der Waals surface area contributed by atoms with Crippen molar-refractivity contribution in [3.05, 3.63) is 28.5 Å². The van der Waals surface area contributed by atoms with E-state index in [1.54, 1.807) is 18.5 Å². The lowest BCUT2D eigenvalue weighted by molar-refractivity contribution is 0.0949.